The largest absolute Gasteiger partial charge is 0.355 e. The summed E-state index contributed by atoms with van der Waals surface area (Å²) >= 11 is 12.6. The number of hydrogen-bond donors (Lipinski definition) is 1. The monoisotopic (exact) mass is 472 g/mol. The van der Waals surface area contributed by atoms with Crippen molar-refractivity contribution in [3.05, 3.63) is 118 Å². The van der Waals surface area contributed by atoms with E-state index in [0.29, 0.717) is 10.0 Å². The normalized spacial score (nSPS) is 15.4. The molecule has 0 radical (unpaired) electrons. The minimum atomic E-state index is 0.0481. The van der Waals surface area contributed by atoms with Crippen molar-refractivity contribution in [2.24, 2.45) is 5.10 Å². The molecule has 0 aliphatic carbocycles. The summed E-state index contributed by atoms with van der Waals surface area (Å²) < 4.78 is 0. The maximum Gasteiger partial charge on any atom is 0.0831 e. The number of pyridine rings is 1. The molecule has 2 heterocycles. The predicted molar refractivity (Wildman–Crippen MR) is 138 cm³/mol. The molecular formula is C27H22Cl2N4. The lowest BCUT2D eigenvalue weighted by atomic mass is 9.97. The molecule has 3 aromatic carbocycles. The van der Waals surface area contributed by atoms with Crippen molar-refractivity contribution in [1.82, 2.24) is 4.98 Å². The number of aromatic nitrogens is 1. The molecule has 6 heteroatoms. The van der Waals surface area contributed by atoms with Crippen molar-refractivity contribution in [2.45, 2.75) is 19.4 Å². The van der Waals surface area contributed by atoms with E-state index in [-0.39, 0.29) is 6.04 Å². The number of aryl methyl sites for hydroxylation is 1. The highest BCUT2D eigenvalue weighted by molar-refractivity contribution is 6.35. The molecule has 1 aliphatic heterocycles. The van der Waals surface area contributed by atoms with Crippen molar-refractivity contribution in [3.63, 3.8) is 0 Å². The summed E-state index contributed by atoms with van der Waals surface area (Å²) in [5, 5.41) is 11.7. The van der Waals surface area contributed by atoms with Crippen LogP contribution in [0.25, 0.3) is 0 Å². The molecule has 0 bridgehead atoms. The zero-order valence-electron chi connectivity index (χ0n) is 18.0. The zero-order chi connectivity index (χ0) is 22.8. The lowest BCUT2D eigenvalue weighted by Crippen LogP contribution is -2.18. The average molecular weight is 473 g/mol. The van der Waals surface area contributed by atoms with Gasteiger partial charge in [0.1, 0.15) is 0 Å². The fourth-order valence-corrected chi connectivity index (χ4v) is 4.54. The molecule has 0 fully saturated rings. The standard InChI is InChI=1S/C27H22Cl2N4/c1-18-5-7-19(8-6-18)27-17-26(32-33(27)25-15-21(28)14-22(29)16-25)20-3-2-4-24(13-20)31-23-9-11-30-12-10-23/h2-16,27H,17H2,1H3,(H,30,31). The molecule has 0 spiro atoms. The molecule has 0 saturated heterocycles. The van der Waals surface area contributed by atoms with Gasteiger partial charge in [0.05, 0.1) is 17.4 Å². The third-order valence-electron chi connectivity index (χ3n) is 5.65. The van der Waals surface area contributed by atoms with Gasteiger partial charge in [0.15, 0.2) is 0 Å². The number of rotatable bonds is 5. The Bertz CT molecular complexity index is 1280. The van der Waals surface area contributed by atoms with Gasteiger partial charge >= 0.3 is 0 Å². The van der Waals surface area contributed by atoms with Crippen LogP contribution in [0.4, 0.5) is 17.1 Å². The first-order valence-electron chi connectivity index (χ1n) is 10.7. The van der Waals surface area contributed by atoms with Gasteiger partial charge in [0.25, 0.3) is 0 Å². The number of halogens is 2. The number of nitrogens with one attached hydrogen (secondary N) is 1. The molecule has 1 aromatic heterocycles. The minimum absolute atomic E-state index is 0.0481. The molecule has 0 amide bonds. The third-order valence-corrected chi connectivity index (χ3v) is 6.09. The second-order valence-corrected chi connectivity index (χ2v) is 8.96. The number of benzene rings is 3. The molecule has 164 valence electrons. The summed E-state index contributed by atoms with van der Waals surface area (Å²) in [5.41, 5.74) is 7.36. The van der Waals surface area contributed by atoms with Crippen LogP contribution in [0.15, 0.2) is 96.4 Å². The summed E-state index contributed by atoms with van der Waals surface area (Å²) in [6.07, 6.45) is 4.31. The zero-order valence-corrected chi connectivity index (χ0v) is 19.6. The Morgan fingerprint density at radius 3 is 2.30 bits per heavy atom. The molecule has 1 aliphatic rings. The second kappa shape index (κ2) is 9.26. The van der Waals surface area contributed by atoms with E-state index in [9.17, 15) is 0 Å². The van der Waals surface area contributed by atoms with Gasteiger partial charge in [-0.05, 0) is 60.5 Å². The van der Waals surface area contributed by atoms with E-state index in [2.05, 4.69) is 53.6 Å². The maximum absolute atomic E-state index is 6.32. The Morgan fingerprint density at radius 2 is 1.58 bits per heavy atom. The summed E-state index contributed by atoms with van der Waals surface area (Å²) in [6, 6.07) is 26.4. The fraction of sp³-hybridized carbons (Fsp3) is 0.111. The van der Waals surface area contributed by atoms with Crippen molar-refractivity contribution in [3.8, 4) is 0 Å². The summed E-state index contributed by atoms with van der Waals surface area (Å²) in [7, 11) is 0. The van der Waals surface area contributed by atoms with Crippen LogP contribution in [-0.2, 0) is 0 Å². The number of anilines is 3. The molecule has 5 rings (SSSR count). The lowest BCUT2D eigenvalue weighted by molar-refractivity contribution is 0.709. The van der Waals surface area contributed by atoms with E-state index in [1.54, 1.807) is 18.5 Å². The topological polar surface area (TPSA) is 40.5 Å². The summed E-state index contributed by atoms with van der Waals surface area (Å²) in [4.78, 5) is 4.08. The van der Waals surface area contributed by atoms with E-state index in [0.717, 1.165) is 34.8 Å². The Labute approximate surface area is 203 Å². The third kappa shape index (κ3) is 4.87. The minimum Gasteiger partial charge on any atom is -0.355 e. The molecular weight excluding hydrogens is 451 g/mol. The Balaban J connectivity index is 1.51. The van der Waals surface area contributed by atoms with E-state index < -0.39 is 0 Å². The van der Waals surface area contributed by atoms with Crippen LogP contribution in [0.2, 0.25) is 10.0 Å². The van der Waals surface area contributed by atoms with Gasteiger partial charge in [-0.1, -0.05) is 65.2 Å². The molecule has 1 atom stereocenters. The molecule has 1 unspecified atom stereocenters. The van der Waals surface area contributed by atoms with Crippen molar-refractivity contribution >= 4 is 46.0 Å². The molecule has 4 aromatic rings. The van der Waals surface area contributed by atoms with E-state index in [1.165, 1.54) is 11.1 Å². The Hall–Kier alpha value is -3.34. The van der Waals surface area contributed by atoms with Gasteiger partial charge in [0, 0.05) is 40.2 Å². The Kier molecular flexibility index (Phi) is 6.03. The van der Waals surface area contributed by atoms with Crippen LogP contribution >= 0.6 is 23.2 Å². The number of hydrazone groups is 1. The highest BCUT2D eigenvalue weighted by Gasteiger charge is 2.30. The average Bonchev–Trinajstić information content (AvgIpc) is 3.26. The van der Waals surface area contributed by atoms with Gasteiger partial charge in [-0.3, -0.25) is 9.99 Å². The van der Waals surface area contributed by atoms with E-state index in [1.807, 2.05) is 41.4 Å². The Morgan fingerprint density at radius 1 is 0.848 bits per heavy atom. The van der Waals surface area contributed by atoms with Crippen LogP contribution in [0.1, 0.15) is 29.2 Å². The van der Waals surface area contributed by atoms with Crippen LogP contribution in [-0.4, -0.2) is 10.7 Å². The maximum atomic E-state index is 6.32. The number of hydrogen-bond acceptors (Lipinski definition) is 4. The van der Waals surface area contributed by atoms with E-state index >= 15 is 0 Å². The molecule has 4 nitrogen and oxygen atoms in total. The van der Waals surface area contributed by atoms with Gasteiger partial charge in [-0.2, -0.15) is 5.10 Å². The molecule has 33 heavy (non-hydrogen) atoms. The van der Waals surface area contributed by atoms with Crippen LogP contribution < -0.4 is 10.3 Å². The van der Waals surface area contributed by atoms with Crippen LogP contribution in [0.5, 0.6) is 0 Å². The van der Waals surface area contributed by atoms with Gasteiger partial charge < -0.3 is 5.32 Å². The lowest BCUT2D eigenvalue weighted by Gasteiger charge is -2.24. The smallest absolute Gasteiger partial charge is 0.0831 e. The SMILES string of the molecule is Cc1ccc(C2CC(c3cccc(Nc4ccncc4)c3)=NN2c2cc(Cl)cc(Cl)c2)cc1. The first kappa shape index (κ1) is 21.5. The quantitative estimate of drug-likeness (QED) is 0.322. The van der Waals surface area contributed by atoms with Crippen LogP contribution in [0.3, 0.4) is 0 Å². The fourth-order valence-electron chi connectivity index (χ4n) is 4.02. The van der Waals surface area contributed by atoms with E-state index in [4.69, 9.17) is 28.3 Å². The second-order valence-electron chi connectivity index (χ2n) is 8.09. The van der Waals surface area contributed by atoms with Crippen LogP contribution in [0, 0.1) is 6.92 Å². The summed E-state index contributed by atoms with van der Waals surface area (Å²) in [5.74, 6) is 0. The highest BCUT2D eigenvalue weighted by Crippen LogP contribution is 2.39. The highest BCUT2D eigenvalue weighted by atomic mass is 35.5. The van der Waals surface area contributed by atoms with Crippen molar-refractivity contribution in [1.29, 1.82) is 0 Å². The van der Waals surface area contributed by atoms with Gasteiger partial charge in [-0.15, -0.1) is 0 Å². The number of nitrogens with zero attached hydrogens (tertiary/aromatic N) is 3. The first-order valence-corrected chi connectivity index (χ1v) is 11.5. The van der Waals surface area contributed by atoms with Crippen molar-refractivity contribution in [2.75, 3.05) is 10.3 Å². The van der Waals surface area contributed by atoms with Gasteiger partial charge in [-0.25, -0.2) is 0 Å². The van der Waals surface area contributed by atoms with Gasteiger partial charge in [0.2, 0.25) is 0 Å². The first-order chi connectivity index (χ1) is 16.0. The van der Waals surface area contributed by atoms with Crippen molar-refractivity contribution < 1.29 is 0 Å². The summed E-state index contributed by atoms with van der Waals surface area (Å²) in [6.45, 7) is 2.09. The molecule has 0 saturated carbocycles. The predicted octanol–water partition coefficient (Wildman–Crippen LogP) is 7.80. The molecule has 1 N–H and O–H groups in total.